The van der Waals surface area contributed by atoms with Crippen LogP contribution in [0.2, 0.25) is 0 Å². The summed E-state index contributed by atoms with van der Waals surface area (Å²) in [5, 5.41) is 2.04. The number of aliphatic imine (C=N–C) groups is 1. The molecular formula is C23H27N5O. The average Bonchev–Trinajstić information content (AvgIpc) is 3.28. The highest BCUT2D eigenvalue weighted by Crippen LogP contribution is 2.33. The fourth-order valence-electron chi connectivity index (χ4n) is 4.55. The van der Waals surface area contributed by atoms with Gasteiger partial charge in [0.05, 0.1) is 17.7 Å². The van der Waals surface area contributed by atoms with Crippen LogP contribution in [-0.2, 0) is 4.79 Å². The van der Waals surface area contributed by atoms with Crippen LogP contribution in [0.15, 0.2) is 70.9 Å². The summed E-state index contributed by atoms with van der Waals surface area (Å²) in [6.45, 7) is 5.74. The summed E-state index contributed by atoms with van der Waals surface area (Å²) in [5.41, 5.74) is 6.72. The Bertz CT molecular complexity index is 959. The standard InChI is InChI=1S/C23H27N5O/c1-23(2)15-28-20-19(21(29)26(3)22(28)24-23)14-27(25-20)13-16-9-11-18(12-10-16)17-7-5-4-6-8-17/h4-11,14,18,20,25H,12-13,15H2,1-3H3. The third kappa shape index (κ3) is 3.17. The molecule has 0 spiro atoms. The van der Waals surface area contributed by atoms with Crippen molar-refractivity contribution in [3.05, 3.63) is 71.5 Å². The van der Waals surface area contributed by atoms with Gasteiger partial charge in [-0.2, -0.15) is 0 Å². The molecule has 150 valence electrons. The lowest BCUT2D eigenvalue weighted by atomic mass is 9.90. The van der Waals surface area contributed by atoms with Crippen molar-refractivity contribution in [2.45, 2.75) is 37.9 Å². The molecule has 29 heavy (non-hydrogen) atoms. The third-order valence-electron chi connectivity index (χ3n) is 6.01. The monoisotopic (exact) mass is 389 g/mol. The van der Waals surface area contributed by atoms with E-state index in [0.717, 1.165) is 31.0 Å². The smallest absolute Gasteiger partial charge is 0.261 e. The Morgan fingerprint density at radius 2 is 2.03 bits per heavy atom. The van der Waals surface area contributed by atoms with Crippen LogP contribution in [-0.4, -0.2) is 58.5 Å². The fraction of sp³-hybridized carbons (Fsp3) is 0.391. The Balaban J connectivity index is 1.29. The third-order valence-corrected chi connectivity index (χ3v) is 6.01. The van der Waals surface area contributed by atoms with Gasteiger partial charge in [-0.3, -0.25) is 9.69 Å². The quantitative estimate of drug-likeness (QED) is 0.864. The zero-order chi connectivity index (χ0) is 20.2. The van der Waals surface area contributed by atoms with E-state index in [1.54, 1.807) is 4.90 Å². The zero-order valence-corrected chi connectivity index (χ0v) is 17.2. The molecular weight excluding hydrogens is 362 g/mol. The summed E-state index contributed by atoms with van der Waals surface area (Å²) in [4.78, 5) is 21.5. The van der Waals surface area contributed by atoms with Gasteiger partial charge in [0.25, 0.3) is 5.91 Å². The van der Waals surface area contributed by atoms with Gasteiger partial charge in [0.1, 0.15) is 6.17 Å². The summed E-state index contributed by atoms with van der Waals surface area (Å²) in [6, 6.07) is 10.6. The Labute approximate surface area is 171 Å². The first-order valence-corrected chi connectivity index (χ1v) is 10.2. The molecule has 0 aromatic heterocycles. The van der Waals surface area contributed by atoms with E-state index in [0.29, 0.717) is 5.92 Å². The molecule has 1 aromatic rings. The second-order valence-electron chi connectivity index (χ2n) is 8.85. The summed E-state index contributed by atoms with van der Waals surface area (Å²) < 4.78 is 0. The van der Waals surface area contributed by atoms with Gasteiger partial charge in [-0.1, -0.05) is 48.6 Å². The first kappa shape index (κ1) is 18.2. The number of fused-ring (bicyclic) bond motifs is 3. The van der Waals surface area contributed by atoms with Crippen LogP contribution in [0.25, 0.3) is 0 Å². The van der Waals surface area contributed by atoms with Gasteiger partial charge in [0.2, 0.25) is 5.96 Å². The largest absolute Gasteiger partial charge is 0.318 e. The van der Waals surface area contributed by atoms with Gasteiger partial charge < -0.3 is 9.91 Å². The number of nitrogens with zero attached hydrogens (tertiary/aromatic N) is 4. The van der Waals surface area contributed by atoms with Crippen molar-refractivity contribution < 1.29 is 4.79 Å². The maximum absolute atomic E-state index is 12.9. The molecule has 3 heterocycles. The van der Waals surface area contributed by atoms with Crippen LogP contribution in [0, 0.1) is 0 Å². The number of allylic oxidation sites excluding steroid dienone is 2. The van der Waals surface area contributed by atoms with Crippen LogP contribution >= 0.6 is 0 Å². The van der Waals surface area contributed by atoms with Gasteiger partial charge in [-0.15, -0.1) is 0 Å². The lowest BCUT2D eigenvalue weighted by Gasteiger charge is -2.38. The van der Waals surface area contributed by atoms with Gasteiger partial charge in [0, 0.05) is 25.7 Å². The van der Waals surface area contributed by atoms with E-state index in [1.807, 2.05) is 18.3 Å². The van der Waals surface area contributed by atoms with E-state index in [2.05, 4.69) is 72.7 Å². The van der Waals surface area contributed by atoms with Crippen molar-refractivity contribution in [1.82, 2.24) is 20.2 Å². The van der Waals surface area contributed by atoms with Gasteiger partial charge >= 0.3 is 0 Å². The first-order chi connectivity index (χ1) is 13.9. The molecule has 0 radical (unpaired) electrons. The average molecular weight is 390 g/mol. The fourth-order valence-corrected chi connectivity index (χ4v) is 4.55. The van der Waals surface area contributed by atoms with E-state index in [9.17, 15) is 4.79 Å². The number of hydrazine groups is 1. The molecule has 0 bridgehead atoms. The number of hydrogen-bond donors (Lipinski definition) is 1. The minimum Gasteiger partial charge on any atom is -0.318 e. The highest BCUT2D eigenvalue weighted by Gasteiger charge is 2.48. The molecule has 1 aliphatic carbocycles. The highest BCUT2D eigenvalue weighted by molar-refractivity contribution is 6.09. The second kappa shape index (κ2) is 6.59. The van der Waals surface area contributed by atoms with E-state index >= 15 is 0 Å². The number of nitrogens with one attached hydrogen (secondary N) is 1. The molecule has 1 amide bonds. The van der Waals surface area contributed by atoms with Crippen LogP contribution in [0.4, 0.5) is 0 Å². The van der Waals surface area contributed by atoms with Gasteiger partial charge in [-0.25, -0.2) is 10.4 Å². The number of hydrogen-bond acceptors (Lipinski definition) is 5. The molecule has 2 unspecified atom stereocenters. The lowest BCUT2D eigenvalue weighted by Crippen LogP contribution is -2.60. The summed E-state index contributed by atoms with van der Waals surface area (Å²) in [5.74, 6) is 1.22. The number of carbonyl (C=O) groups excluding carboxylic acids is 1. The molecule has 1 fully saturated rings. The SMILES string of the molecule is CN1C(=O)C2=CN(CC3=CCC(c4ccccc4)C=C3)NC2N2CC(C)(C)N=C12. The number of benzene rings is 1. The number of likely N-dealkylation sites (N-methyl/N-ethyl adjacent to an activating group) is 1. The van der Waals surface area contributed by atoms with Crippen molar-refractivity contribution in [2.75, 3.05) is 20.1 Å². The van der Waals surface area contributed by atoms with Crippen molar-refractivity contribution in [3.63, 3.8) is 0 Å². The van der Waals surface area contributed by atoms with Crippen LogP contribution < -0.4 is 5.43 Å². The molecule has 0 saturated carbocycles. The molecule has 6 heteroatoms. The summed E-state index contributed by atoms with van der Waals surface area (Å²) >= 11 is 0. The molecule has 2 atom stereocenters. The number of amides is 1. The topological polar surface area (TPSA) is 51.2 Å². The number of carbonyl (C=O) groups is 1. The van der Waals surface area contributed by atoms with Crippen molar-refractivity contribution in [3.8, 4) is 0 Å². The van der Waals surface area contributed by atoms with Crippen LogP contribution in [0.1, 0.15) is 31.7 Å². The van der Waals surface area contributed by atoms with Crippen LogP contribution in [0.3, 0.4) is 0 Å². The summed E-state index contributed by atoms with van der Waals surface area (Å²) in [7, 11) is 1.81. The Kier molecular flexibility index (Phi) is 4.13. The molecule has 4 aliphatic rings. The zero-order valence-electron chi connectivity index (χ0n) is 17.2. The maximum atomic E-state index is 12.9. The summed E-state index contributed by atoms with van der Waals surface area (Å²) in [6.07, 6.45) is 9.63. The molecule has 3 aliphatic heterocycles. The van der Waals surface area contributed by atoms with Gasteiger partial charge in [0.15, 0.2) is 0 Å². The highest BCUT2D eigenvalue weighted by atomic mass is 16.2. The molecule has 1 aromatic carbocycles. The molecule has 6 nitrogen and oxygen atoms in total. The normalized spacial score (nSPS) is 27.5. The Morgan fingerprint density at radius 3 is 2.76 bits per heavy atom. The maximum Gasteiger partial charge on any atom is 0.261 e. The Hall–Kier alpha value is -2.86. The second-order valence-corrected chi connectivity index (χ2v) is 8.85. The van der Waals surface area contributed by atoms with E-state index < -0.39 is 0 Å². The first-order valence-electron chi connectivity index (χ1n) is 10.2. The van der Waals surface area contributed by atoms with Crippen LogP contribution in [0.5, 0.6) is 0 Å². The minimum atomic E-state index is -0.185. The van der Waals surface area contributed by atoms with E-state index in [-0.39, 0.29) is 17.6 Å². The Morgan fingerprint density at radius 1 is 1.24 bits per heavy atom. The number of rotatable bonds is 3. The number of guanidine groups is 1. The predicted molar refractivity (Wildman–Crippen MR) is 114 cm³/mol. The molecule has 5 rings (SSSR count). The van der Waals surface area contributed by atoms with Crippen molar-refractivity contribution in [1.29, 1.82) is 0 Å². The lowest BCUT2D eigenvalue weighted by molar-refractivity contribution is -0.124. The molecule has 1 saturated heterocycles. The van der Waals surface area contributed by atoms with Crippen molar-refractivity contribution in [2.24, 2.45) is 4.99 Å². The minimum absolute atomic E-state index is 0.0232. The van der Waals surface area contributed by atoms with Gasteiger partial charge in [-0.05, 0) is 31.4 Å². The van der Waals surface area contributed by atoms with E-state index in [1.165, 1.54) is 11.1 Å². The van der Waals surface area contributed by atoms with E-state index in [4.69, 9.17) is 4.99 Å². The predicted octanol–water partition coefficient (Wildman–Crippen LogP) is 2.61. The molecule has 1 N–H and O–H groups in total. The van der Waals surface area contributed by atoms with Crippen molar-refractivity contribution >= 4 is 11.9 Å².